The van der Waals surface area contributed by atoms with E-state index < -0.39 is 23.6 Å². The molecule has 3 nitrogen and oxygen atoms in total. The first-order valence-corrected chi connectivity index (χ1v) is 6.64. The highest BCUT2D eigenvalue weighted by molar-refractivity contribution is 5.32. The molecule has 114 valence electrons. The summed E-state index contributed by atoms with van der Waals surface area (Å²) in [6.07, 6.45) is -3.95. The third-order valence-corrected chi connectivity index (χ3v) is 3.47. The summed E-state index contributed by atoms with van der Waals surface area (Å²) < 4.78 is 51.6. The van der Waals surface area contributed by atoms with Gasteiger partial charge in [-0.05, 0) is 30.7 Å². The number of rotatable bonds is 2. The Hall–Kier alpha value is -1.65. The van der Waals surface area contributed by atoms with Crippen molar-refractivity contribution in [2.75, 3.05) is 26.2 Å². The summed E-state index contributed by atoms with van der Waals surface area (Å²) in [5.74, 6) is -1.32. The van der Waals surface area contributed by atoms with Crippen molar-refractivity contribution in [3.8, 4) is 6.07 Å². The van der Waals surface area contributed by atoms with Gasteiger partial charge in [-0.25, -0.2) is 4.39 Å². The van der Waals surface area contributed by atoms with Crippen LogP contribution < -0.4 is 5.32 Å². The molecule has 1 aromatic rings. The number of hydrogen-bond donors (Lipinski definition) is 1. The minimum Gasteiger partial charge on any atom is -0.315 e. The predicted octanol–water partition coefficient (Wildman–Crippen LogP) is 2.70. The monoisotopic (exact) mass is 301 g/mol. The van der Waals surface area contributed by atoms with Crippen molar-refractivity contribution in [1.82, 2.24) is 10.2 Å². The molecule has 1 aromatic carbocycles. The summed E-state index contributed by atoms with van der Waals surface area (Å²) in [6.45, 7) is 2.66. The van der Waals surface area contributed by atoms with Crippen LogP contribution in [0.4, 0.5) is 17.6 Å². The van der Waals surface area contributed by atoms with Crippen LogP contribution in [0.1, 0.15) is 23.6 Å². The fraction of sp³-hybridized carbons (Fsp3) is 0.500. The lowest BCUT2D eigenvalue weighted by Gasteiger charge is -2.25. The van der Waals surface area contributed by atoms with Crippen LogP contribution in [0.3, 0.4) is 0 Å². The molecule has 7 heteroatoms. The van der Waals surface area contributed by atoms with Gasteiger partial charge < -0.3 is 5.32 Å². The Kier molecular flexibility index (Phi) is 4.80. The van der Waals surface area contributed by atoms with Crippen molar-refractivity contribution in [3.63, 3.8) is 0 Å². The van der Waals surface area contributed by atoms with E-state index in [1.165, 1.54) is 6.07 Å². The normalized spacial score (nSPS) is 18.8. The highest BCUT2D eigenvalue weighted by Gasteiger charge is 2.35. The maximum absolute atomic E-state index is 13.3. The number of benzene rings is 1. The first-order chi connectivity index (χ1) is 9.93. The van der Waals surface area contributed by atoms with E-state index in [4.69, 9.17) is 0 Å². The highest BCUT2D eigenvalue weighted by atomic mass is 19.4. The molecule has 2 rings (SSSR count). The van der Waals surface area contributed by atoms with E-state index in [1.807, 2.05) is 11.0 Å². The Bertz CT molecular complexity index is 528. The zero-order valence-corrected chi connectivity index (χ0v) is 11.3. The van der Waals surface area contributed by atoms with Crippen LogP contribution >= 0.6 is 0 Å². The molecule has 1 atom stereocenters. The summed E-state index contributed by atoms with van der Waals surface area (Å²) >= 11 is 0. The Balaban J connectivity index is 2.32. The lowest BCUT2D eigenvalue weighted by atomic mass is 10.0. The van der Waals surface area contributed by atoms with E-state index >= 15 is 0 Å². The molecule has 1 heterocycles. The van der Waals surface area contributed by atoms with Gasteiger partial charge in [-0.15, -0.1) is 0 Å². The summed E-state index contributed by atoms with van der Waals surface area (Å²) in [5.41, 5.74) is -1.15. The minimum atomic E-state index is -4.76. The van der Waals surface area contributed by atoms with E-state index in [-0.39, 0.29) is 5.56 Å². The Morgan fingerprint density at radius 3 is 2.67 bits per heavy atom. The first-order valence-electron chi connectivity index (χ1n) is 6.64. The molecule has 0 bridgehead atoms. The third kappa shape index (κ3) is 3.71. The Labute approximate surface area is 120 Å². The predicted molar refractivity (Wildman–Crippen MR) is 68.8 cm³/mol. The van der Waals surface area contributed by atoms with Crippen molar-refractivity contribution in [2.24, 2.45) is 0 Å². The lowest BCUT2D eigenvalue weighted by Crippen LogP contribution is -2.31. The van der Waals surface area contributed by atoms with Gasteiger partial charge in [0.05, 0.1) is 11.6 Å². The Morgan fingerprint density at radius 2 is 2.00 bits per heavy atom. The molecule has 1 aliphatic heterocycles. The third-order valence-electron chi connectivity index (χ3n) is 3.47. The van der Waals surface area contributed by atoms with Crippen LogP contribution in [0.2, 0.25) is 0 Å². The fourth-order valence-corrected chi connectivity index (χ4v) is 2.42. The molecule has 0 amide bonds. The maximum atomic E-state index is 13.3. The van der Waals surface area contributed by atoms with E-state index in [9.17, 15) is 22.8 Å². The quantitative estimate of drug-likeness (QED) is 0.854. The second kappa shape index (κ2) is 6.41. The van der Waals surface area contributed by atoms with Crippen molar-refractivity contribution in [3.05, 3.63) is 35.1 Å². The van der Waals surface area contributed by atoms with E-state index in [2.05, 4.69) is 5.32 Å². The van der Waals surface area contributed by atoms with Gasteiger partial charge in [-0.1, -0.05) is 6.07 Å². The van der Waals surface area contributed by atoms with Crippen molar-refractivity contribution < 1.29 is 17.6 Å². The molecule has 0 saturated carbocycles. The van der Waals surface area contributed by atoms with Crippen LogP contribution in [0.25, 0.3) is 0 Å². The molecule has 1 aliphatic rings. The second-order valence-corrected chi connectivity index (χ2v) is 4.91. The number of halogens is 4. The van der Waals surface area contributed by atoms with Gasteiger partial charge in [0.25, 0.3) is 0 Å². The van der Waals surface area contributed by atoms with Gasteiger partial charge in [-0.2, -0.15) is 18.4 Å². The van der Waals surface area contributed by atoms with E-state index in [0.717, 1.165) is 25.1 Å². The molecular formula is C14H15F4N3. The van der Waals surface area contributed by atoms with Crippen molar-refractivity contribution in [2.45, 2.75) is 18.6 Å². The maximum Gasteiger partial charge on any atom is 0.419 e. The number of nitrogens with one attached hydrogen (secondary N) is 1. The largest absolute Gasteiger partial charge is 0.419 e. The van der Waals surface area contributed by atoms with Crippen LogP contribution in [-0.4, -0.2) is 31.1 Å². The number of alkyl halides is 3. The SMILES string of the molecule is N#CC(c1ccc(F)c(C(F)(F)F)c1)N1CCCNCC1. The molecular weight excluding hydrogens is 286 g/mol. The van der Waals surface area contributed by atoms with Crippen LogP contribution in [0.15, 0.2) is 18.2 Å². The molecule has 0 radical (unpaired) electrons. The highest BCUT2D eigenvalue weighted by Crippen LogP contribution is 2.34. The number of nitriles is 1. The molecule has 0 aliphatic carbocycles. The molecule has 1 N–H and O–H groups in total. The molecule has 0 aromatic heterocycles. The van der Waals surface area contributed by atoms with Crippen LogP contribution in [0, 0.1) is 17.1 Å². The smallest absolute Gasteiger partial charge is 0.315 e. The van der Waals surface area contributed by atoms with Gasteiger partial charge >= 0.3 is 6.18 Å². The molecule has 21 heavy (non-hydrogen) atoms. The number of hydrogen-bond acceptors (Lipinski definition) is 3. The zero-order chi connectivity index (χ0) is 15.5. The molecule has 1 unspecified atom stereocenters. The van der Waals surface area contributed by atoms with Gasteiger partial charge in [0.2, 0.25) is 0 Å². The van der Waals surface area contributed by atoms with Crippen LogP contribution in [0.5, 0.6) is 0 Å². The standard InChI is InChI=1S/C14H15F4N3/c15-12-3-2-10(8-11(12)14(16,17)18)13(9-19)21-6-1-4-20-5-7-21/h2-3,8,13,20H,1,4-7H2. The summed E-state index contributed by atoms with van der Waals surface area (Å²) in [6, 6.07) is 3.98. The minimum absolute atomic E-state index is 0.174. The topological polar surface area (TPSA) is 39.1 Å². The summed E-state index contributed by atoms with van der Waals surface area (Å²) in [7, 11) is 0. The van der Waals surface area contributed by atoms with Crippen molar-refractivity contribution >= 4 is 0 Å². The average Bonchev–Trinajstić information content (AvgIpc) is 2.69. The summed E-state index contributed by atoms with van der Waals surface area (Å²) in [4.78, 5) is 1.81. The average molecular weight is 301 g/mol. The van der Waals surface area contributed by atoms with Gasteiger partial charge in [0, 0.05) is 19.6 Å². The zero-order valence-electron chi connectivity index (χ0n) is 11.3. The molecule has 0 spiro atoms. The van der Waals surface area contributed by atoms with E-state index in [1.54, 1.807) is 0 Å². The van der Waals surface area contributed by atoms with Gasteiger partial charge in [0.15, 0.2) is 0 Å². The van der Waals surface area contributed by atoms with E-state index in [0.29, 0.717) is 19.6 Å². The summed E-state index contributed by atoms with van der Waals surface area (Å²) in [5, 5.41) is 12.5. The van der Waals surface area contributed by atoms with Gasteiger partial charge in [0.1, 0.15) is 11.9 Å². The second-order valence-electron chi connectivity index (χ2n) is 4.91. The van der Waals surface area contributed by atoms with Gasteiger partial charge in [-0.3, -0.25) is 4.90 Å². The number of nitrogens with zero attached hydrogens (tertiary/aromatic N) is 2. The molecule has 1 fully saturated rings. The van der Waals surface area contributed by atoms with Crippen molar-refractivity contribution in [1.29, 1.82) is 5.26 Å². The first kappa shape index (κ1) is 15.7. The Morgan fingerprint density at radius 1 is 1.24 bits per heavy atom. The fourth-order valence-electron chi connectivity index (χ4n) is 2.42. The lowest BCUT2D eigenvalue weighted by molar-refractivity contribution is -0.140. The van der Waals surface area contributed by atoms with Crippen LogP contribution in [-0.2, 0) is 6.18 Å². The molecule has 1 saturated heterocycles.